The van der Waals surface area contributed by atoms with Crippen molar-refractivity contribution in [3.63, 3.8) is 0 Å². The topological polar surface area (TPSA) is 29.9 Å². The Morgan fingerprint density at radius 2 is 1.95 bits per heavy atom. The van der Waals surface area contributed by atoms with Gasteiger partial charge in [0.05, 0.1) is 11.7 Å². The Labute approximate surface area is 126 Å². The molecular formula is C17H24FN3. The Kier molecular flexibility index (Phi) is 4.78. The van der Waals surface area contributed by atoms with E-state index in [0.717, 1.165) is 41.0 Å². The Hall–Kier alpha value is -1.68. The third-order valence-electron chi connectivity index (χ3n) is 3.85. The van der Waals surface area contributed by atoms with Crippen molar-refractivity contribution in [2.24, 2.45) is 7.05 Å². The van der Waals surface area contributed by atoms with Crippen LogP contribution in [0.25, 0.3) is 0 Å². The molecule has 1 aromatic heterocycles. The highest BCUT2D eigenvalue weighted by Gasteiger charge is 2.22. The van der Waals surface area contributed by atoms with Gasteiger partial charge in [-0.3, -0.25) is 4.68 Å². The lowest BCUT2D eigenvalue weighted by Crippen LogP contribution is -2.24. The Morgan fingerprint density at radius 3 is 2.48 bits per heavy atom. The molecule has 2 aromatic rings. The number of nitrogens with one attached hydrogen (secondary N) is 1. The van der Waals surface area contributed by atoms with Crippen molar-refractivity contribution in [1.82, 2.24) is 15.1 Å². The molecule has 1 aromatic carbocycles. The van der Waals surface area contributed by atoms with Gasteiger partial charge in [0.2, 0.25) is 0 Å². The fourth-order valence-electron chi connectivity index (χ4n) is 2.81. The molecular weight excluding hydrogens is 265 g/mol. The van der Waals surface area contributed by atoms with Crippen LogP contribution in [0.3, 0.4) is 0 Å². The summed E-state index contributed by atoms with van der Waals surface area (Å²) in [5, 5.41) is 8.02. The number of aryl methyl sites for hydroxylation is 3. The number of hydrogen-bond acceptors (Lipinski definition) is 2. The Balaban J connectivity index is 2.52. The van der Waals surface area contributed by atoms with Gasteiger partial charge in [-0.1, -0.05) is 13.0 Å². The van der Waals surface area contributed by atoms with Gasteiger partial charge in [-0.05, 0) is 57.0 Å². The van der Waals surface area contributed by atoms with Crippen molar-refractivity contribution >= 4 is 0 Å². The first-order valence-electron chi connectivity index (χ1n) is 7.44. The first-order chi connectivity index (χ1) is 9.93. The highest BCUT2D eigenvalue weighted by molar-refractivity contribution is 5.38. The minimum absolute atomic E-state index is 0.0203. The molecule has 0 aliphatic carbocycles. The second-order valence-electron chi connectivity index (χ2n) is 5.66. The maximum absolute atomic E-state index is 13.8. The highest BCUT2D eigenvalue weighted by Crippen LogP contribution is 2.28. The fraction of sp³-hybridized carbons (Fsp3) is 0.471. The minimum Gasteiger partial charge on any atom is -0.306 e. The van der Waals surface area contributed by atoms with Crippen LogP contribution in [0, 0.1) is 26.6 Å². The number of rotatable bonds is 5. The van der Waals surface area contributed by atoms with Gasteiger partial charge in [-0.15, -0.1) is 0 Å². The summed E-state index contributed by atoms with van der Waals surface area (Å²) in [7, 11) is 1.94. The smallest absolute Gasteiger partial charge is 0.123 e. The average molecular weight is 289 g/mol. The van der Waals surface area contributed by atoms with E-state index in [1.54, 1.807) is 12.1 Å². The number of aromatic nitrogens is 2. The molecule has 0 saturated heterocycles. The predicted octanol–water partition coefficient (Wildman–Crippen LogP) is 3.57. The highest BCUT2D eigenvalue weighted by atomic mass is 19.1. The maximum atomic E-state index is 13.8. The molecule has 0 aliphatic rings. The summed E-state index contributed by atoms with van der Waals surface area (Å²) in [6.45, 7) is 9.00. The number of benzene rings is 1. The fourth-order valence-corrected chi connectivity index (χ4v) is 2.81. The Morgan fingerprint density at radius 1 is 1.24 bits per heavy atom. The van der Waals surface area contributed by atoms with E-state index < -0.39 is 0 Å². The van der Waals surface area contributed by atoms with E-state index in [1.807, 2.05) is 31.6 Å². The van der Waals surface area contributed by atoms with Gasteiger partial charge >= 0.3 is 0 Å². The summed E-state index contributed by atoms with van der Waals surface area (Å²) in [5.41, 5.74) is 5.15. The molecule has 0 aliphatic heterocycles. The van der Waals surface area contributed by atoms with E-state index in [-0.39, 0.29) is 11.9 Å². The quantitative estimate of drug-likeness (QED) is 0.912. The third-order valence-corrected chi connectivity index (χ3v) is 3.85. The van der Waals surface area contributed by atoms with Crippen molar-refractivity contribution < 1.29 is 4.39 Å². The molecule has 114 valence electrons. The molecule has 0 saturated carbocycles. The van der Waals surface area contributed by atoms with E-state index in [0.29, 0.717) is 0 Å². The summed E-state index contributed by atoms with van der Waals surface area (Å²) in [5.74, 6) is -0.188. The van der Waals surface area contributed by atoms with Gasteiger partial charge in [-0.25, -0.2) is 4.39 Å². The van der Waals surface area contributed by atoms with Gasteiger partial charge in [0.25, 0.3) is 0 Å². The van der Waals surface area contributed by atoms with Crippen molar-refractivity contribution in [3.05, 3.63) is 52.1 Å². The lowest BCUT2D eigenvalue weighted by molar-refractivity contribution is 0.580. The summed E-state index contributed by atoms with van der Waals surface area (Å²) in [6.07, 6.45) is 1.03. The van der Waals surface area contributed by atoms with E-state index in [2.05, 4.69) is 24.3 Å². The lowest BCUT2D eigenvalue weighted by Gasteiger charge is -2.20. The van der Waals surface area contributed by atoms with Crippen LogP contribution in [0.1, 0.15) is 47.5 Å². The molecule has 21 heavy (non-hydrogen) atoms. The maximum Gasteiger partial charge on any atom is 0.123 e. The largest absolute Gasteiger partial charge is 0.306 e. The molecule has 1 heterocycles. The van der Waals surface area contributed by atoms with Crippen LogP contribution in [0.5, 0.6) is 0 Å². The molecule has 2 rings (SSSR count). The van der Waals surface area contributed by atoms with Gasteiger partial charge in [0.15, 0.2) is 0 Å². The number of hydrogen-bond donors (Lipinski definition) is 1. The first-order valence-corrected chi connectivity index (χ1v) is 7.44. The molecule has 0 spiro atoms. The molecule has 0 amide bonds. The Bertz CT molecular complexity index is 611. The second-order valence-corrected chi connectivity index (χ2v) is 5.66. The monoisotopic (exact) mass is 289 g/mol. The molecule has 0 fully saturated rings. The van der Waals surface area contributed by atoms with E-state index in [1.165, 1.54) is 0 Å². The van der Waals surface area contributed by atoms with Crippen LogP contribution in [0.15, 0.2) is 18.2 Å². The summed E-state index contributed by atoms with van der Waals surface area (Å²) in [4.78, 5) is 0. The summed E-state index contributed by atoms with van der Waals surface area (Å²) in [6, 6.07) is 5.20. The van der Waals surface area contributed by atoms with E-state index in [9.17, 15) is 4.39 Å². The van der Waals surface area contributed by atoms with Crippen molar-refractivity contribution in [2.75, 3.05) is 6.54 Å². The van der Waals surface area contributed by atoms with E-state index >= 15 is 0 Å². The minimum atomic E-state index is -0.188. The van der Waals surface area contributed by atoms with Crippen molar-refractivity contribution in [1.29, 1.82) is 0 Å². The average Bonchev–Trinajstić information content (AvgIpc) is 2.64. The molecule has 3 nitrogen and oxygen atoms in total. The van der Waals surface area contributed by atoms with Crippen LogP contribution in [0.4, 0.5) is 4.39 Å². The predicted molar refractivity (Wildman–Crippen MR) is 84.0 cm³/mol. The van der Waals surface area contributed by atoms with Crippen LogP contribution in [-0.4, -0.2) is 16.3 Å². The first kappa shape index (κ1) is 15.7. The molecule has 1 N–H and O–H groups in total. The number of nitrogens with zero attached hydrogens (tertiary/aromatic N) is 2. The van der Waals surface area contributed by atoms with Gasteiger partial charge in [-0.2, -0.15) is 5.10 Å². The van der Waals surface area contributed by atoms with Gasteiger partial charge < -0.3 is 5.32 Å². The van der Waals surface area contributed by atoms with E-state index in [4.69, 9.17) is 0 Å². The summed E-state index contributed by atoms with van der Waals surface area (Å²) >= 11 is 0. The standard InChI is InChI=1S/C17H24FN3/c1-6-7-19-17(14-8-11(2)9-15(18)10-14)16-12(3)20-21(5)13(16)4/h8-10,17,19H,6-7H2,1-5H3. The lowest BCUT2D eigenvalue weighted by atomic mass is 9.95. The SMILES string of the molecule is CCCNC(c1cc(C)cc(F)c1)c1c(C)nn(C)c1C. The second kappa shape index (κ2) is 6.39. The number of halogens is 1. The van der Waals surface area contributed by atoms with Gasteiger partial charge in [0.1, 0.15) is 5.82 Å². The summed E-state index contributed by atoms with van der Waals surface area (Å²) < 4.78 is 15.7. The van der Waals surface area contributed by atoms with Crippen molar-refractivity contribution in [2.45, 2.75) is 40.2 Å². The molecule has 0 radical (unpaired) electrons. The van der Waals surface area contributed by atoms with Crippen LogP contribution in [-0.2, 0) is 7.05 Å². The van der Waals surface area contributed by atoms with Crippen molar-refractivity contribution in [3.8, 4) is 0 Å². The molecule has 1 unspecified atom stereocenters. The molecule has 1 atom stereocenters. The van der Waals surface area contributed by atoms with Crippen LogP contribution < -0.4 is 5.32 Å². The molecule has 0 bridgehead atoms. The van der Waals surface area contributed by atoms with Crippen LogP contribution in [0.2, 0.25) is 0 Å². The zero-order valence-electron chi connectivity index (χ0n) is 13.5. The zero-order valence-corrected chi connectivity index (χ0v) is 13.5. The van der Waals surface area contributed by atoms with Crippen LogP contribution >= 0.6 is 0 Å². The zero-order chi connectivity index (χ0) is 15.6. The van der Waals surface area contributed by atoms with Gasteiger partial charge in [0, 0.05) is 18.3 Å². The normalized spacial score (nSPS) is 12.7. The third kappa shape index (κ3) is 3.32. The molecule has 4 heteroatoms.